The summed E-state index contributed by atoms with van der Waals surface area (Å²) >= 11 is 5.38. The van der Waals surface area contributed by atoms with E-state index < -0.39 is 9.85 Å². The number of aromatic amines is 2. The molecule has 0 aliphatic rings. The Morgan fingerprint density at radius 3 is 1.83 bits per heavy atom. The summed E-state index contributed by atoms with van der Waals surface area (Å²) < 4.78 is 5.54. The Bertz CT molecular complexity index is 1720. The zero-order chi connectivity index (χ0) is 27.8. The quantitative estimate of drug-likeness (QED) is 0.107. The number of nitrogens with zero attached hydrogens (tertiary/aromatic N) is 4. The zero-order valence-electron chi connectivity index (χ0n) is 19.9. The van der Waals surface area contributed by atoms with Crippen LogP contribution >= 0.6 is 11.6 Å². The number of halogens is 1. The second kappa shape index (κ2) is 14.6. The van der Waals surface area contributed by atoms with Crippen molar-refractivity contribution >= 4 is 44.8 Å². The Labute approximate surface area is 239 Å². The fourth-order valence-corrected chi connectivity index (χ4v) is 3.38. The van der Waals surface area contributed by atoms with Gasteiger partial charge in [0.25, 0.3) is 11.4 Å². The fraction of sp³-hybridized carbons (Fsp3) is 0.0714. The first-order valence-electron chi connectivity index (χ1n) is 11.2. The SMILES string of the molecule is C.C.O=[N+]([O-])c1ccc(Cl)nc1.O=[N+]([O-])c1ccc(Oc2ccc3cc[nH]c3c2)nc1.Oc1ccc2cc[nH]c2c1. The molecule has 12 nitrogen and oxygen atoms in total. The summed E-state index contributed by atoms with van der Waals surface area (Å²) in [4.78, 5) is 33.0. The molecule has 2 aromatic carbocycles. The number of phenols is 1. The van der Waals surface area contributed by atoms with Crippen LogP contribution in [0.25, 0.3) is 21.8 Å². The smallest absolute Gasteiger partial charge is 0.287 e. The molecule has 41 heavy (non-hydrogen) atoms. The molecule has 0 saturated heterocycles. The lowest BCUT2D eigenvalue weighted by Crippen LogP contribution is -1.91. The van der Waals surface area contributed by atoms with Crippen molar-refractivity contribution in [3.63, 3.8) is 0 Å². The van der Waals surface area contributed by atoms with Crippen LogP contribution in [-0.4, -0.2) is 34.9 Å². The maximum absolute atomic E-state index is 10.5. The van der Waals surface area contributed by atoms with Crippen molar-refractivity contribution in [2.45, 2.75) is 14.9 Å². The van der Waals surface area contributed by atoms with Crippen LogP contribution in [0.15, 0.2) is 97.6 Å². The molecular weight excluding hydrogens is 552 g/mol. The Hall–Kier alpha value is -5.49. The van der Waals surface area contributed by atoms with Crippen LogP contribution in [-0.2, 0) is 0 Å². The van der Waals surface area contributed by atoms with Gasteiger partial charge >= 0.3 is 0 Å². The van der Waals surface area contributed by atoms with Crippen LogP contribution in [0.3, 0.4) is 0 Å². The molecule has 0 amide bonds. The Kier molecular flexibility index (Phi) is 11.3. The molecule has 0 spiro atoms. The highest BCUT2D eigenvalue weighted by Gasteiger charge is 2.07. The van der Waals surface area contributed by atoms with Crippen molar-refractivity contribution < 1.29 is 19.7 Å². The van der Waals surface area contributed by atoms with Gasteiger partial charge < -0.3 is 19.8 Å². The standard InChI is InChI=1S/C13H9N3O3.C8H7NO.C5H3ClN2O2.2CH4/c17-16(18)10-2-4-13(15-8-10)19-11-3-1-9-5-6-14-12(9)7-11;10-7-2-1-6-3-4-9-8(6)5-7;6-5-2-1-4(3-7-5)8(9)10;;/h1-8,14H;1-5,9-10H;1-3H;2*1H4. The lowest BCUT2D eigenvalue weighted by molar-refractivity contribution is -0.385. The van der Waals surface area contributed by atoms with Gasteiger partial charge in [-0.25, -0.2) is 9.97 Å². The van der Waals surface area contributed by atoms with Gasteiger partial charge in [0.05, 0.1) is 9.85 Å². The fourth-order valence-electron chi connectivity index (χ4n) is 3.26. The molecule has 0 unspecified atom stereocenters. The van der Waals surface area contributed by atoms with Crippen molar-refractivity contribution in [1.82, 2.24) is 19.9 Å². The summed E-state index contributed by atoms with van der Waals surface area (Å²) in [6.07, 6.45) is 5.98. The summed E-state index contributed by atoms with van der Waals surface area (Å²) in [6, 6.07) is 20.3. The number of aromatic hydroxyl groups is 1. The number of H-pyrrole nitrogens is 2. The molecular formula is C28H27ClN6O6. The maximum atomic E-state index is 10.5. The third-order valence-corrected chi connectivity index (χ3v) is 5.37. The highest BCUT2D eigenvalue weighted by Crippen LogP contribution is 2.24. The number of aromatic nitrogens is 4. The van der Waals surface area contributed by atoms with E-state index in [4.69, 9.17) is 21.4 Å². The number of ether oxygens (including phenoxy) is 1. The number of nitrogens with one attached hydrogen (secondary N) is 2. The molecule has 212 valence electrons. The molecule has 4 heterocycles. The highest BCUT2D eigenvalue weighted by molar-refractivity contribution is 6.29. The number of rotatable bonds is 4. The van der Waals surface area contributed by atoms with E-state index in [1.165, 1.54) is 30.5 Å². The minimum Gasteiger partial charge on any atom is -0.508 e. The Balaban J connectivity index is 0.000000228. The average molecular weight is 579 g/mol. The molecule has 0 bridgehead atoms. The van der Waals surface area contributed by atoms with Crippen LogP contribution in [0, 0.1) is 20.2 Å². The third kappa shape index (κ3) is 8.76. The van der Waals surface area contributed by atoms with Gasteiger partial charge in [-0.3, -0.25) is 20.2 Å². The van der Waals surface area contributed by atoms with Gasteiger partial charge in [-0.15, -0.1) is 0 Å². The molecule has 4 aromatic heterocycles. The first-order chi connectivity index (χ1) is 18.8. The molecule has 0 atom stereocenters. The van der Waals surface area contributed by atoms with Gasteiger partial charge in [0.2, 0.25) is 5.88 Å². The topological polar surface area (TPSA) is 173 Å². The van der Waals surface area contributed by atoms with E-state index in [2.05, 4.69) is 19.9 Å². The van der Waals surface area contributed by atoms with Gasteiger partial charge in [-0.1, -0.05) is 26.5 Å². The van der Waals surface area contributed by atoms with Gasteiger partial charge in [-0.2, -0.15) is 0 Å². The summed E-state index contributed by atoms with van der Waals surface area (Å²) in [5.74, 6) is 1.24. The molecule has 0 aliphatic carbocycles. The lowest BCUT2D eigenvalue weighted by atomic mass is 10.2. The van der Waals surface area contributed by atoms with E-state index in [-0.39, 0.29) is 31.4 Å². The molecule has 6 aromatic rings. The Morgan fingerprint density at radius 1 is 0.732 bits per heavy atom. The van der Waals surface area contributed by atoms with E-state index in [1.54, 1.807) is 12.1 Å². The van der Waals surface area contributed by atoms with Crippen molar-refractivity contribution in [3.05, 3.63) is 123 Å². The van der Waals surface area contributed by atoms with Gasteiger partial charge in [0.15, 0.2) is 0 Å². The number of pyridine rings is 2. The Morgan fingerprint density at radius 2 is 1.29 bits per heavy atom. The second-order valence-electron chi connectivity index (χ2n) is 7.79. The molecule has 0 aliphatic heterocycles. The van der Waals surface area contributed by atoms with Gasteiger partial charge in [0.1, 0.15) is 29.0 Å². The van der Waals surface area contributed by atoms with E-state index in [0.29, 0.717) is 17.4 Å². The minimum atomic E-state index is -0.524. The summed E-state index contributed by atoms with van der Waals surface area (Å²) in [5.41, 5.74) is 1.82. The molecule has 6 rings (SSSR count). The van der Waals surface area contributed by atoms with Gasteiger partial charge in [-0.05, 0) is 53.2 Å². The number of nitro groups is 2. The largest absolute Gasteiger partial charge is 0.508 e. The predicted octanol–water partition coefficient (Wildman–Crippen LogP) is 8.05. The van der Waals surface area contributed by atoms with Gasteiger partial charge in [0, 0.05) is 53.8 Å². The summed E-state index contributed by atoms with van der Waals surface area (Å²) in [5, 5.41) is 32.0. The van der Waals surface area contributed by atoms with E-state index in [9.17, 15) is 20.2 Å². The maximum Gasteiger partial charge on any atom is 0.287 e. The van der Waals surface area contributed by atoms with E-state index in [0.717, 1.165) is 28.0 Å². The monoisotopic (exact) mass is 578 g/mol. The zero-order valence-corrected chi connectivity index (χ0v) is 20.6. The third-order valence-electron chi connectivity index (χ3n) is 5.14. The predicted molar refractivity (Wildman–Crippen MR) is 159 cm³/mol. The minimum absolute atomic E-state index is 0. The normalized spacial score (nSPS) is 9.68. The summed E-state index contributed by atoms with van der Waals surface area (Å²) in [7, 11) is 0. The van der Waals surface area contributed by atoms with Crippen LogP contribution in [0.5, 0.6) is 17.4 Å². The van der Waals surface area contributed by atoms with E-state index in [1.807, 2.05) is 48.8 Å². The molecule has 3 N–H and O–H groups in total. The van der Waals surface area contributed by atoms with Crippen LogP contribution in [0.1, 0.15) is 14.9 Å². The molecule has 0 radical (unpaired) electrons. The summed E-state index contributed by atoms with van der Waals surface area (Å²) in [6.45, 7) is 0. The van der Waals surface area contributed by atoms with Crippen molar-refractivity contribution in [1.29, 1.82) is 0 Å². The second-order valence-corrected chi connectivity index (χ2v) is 8.17. The van der Waals surface area contributed by atoms with Crippen LogP contribution in [0.4, 0.5) is 11.4 Å². The van der Waals surface area contributed by atoms with E-state index >= 15 is 0 Å². The van der Waals surface area contributed by atoms with Crippen LogP contribution < -0.4 is 4.74 Å². The average Bonchev–Trinajstić information content (AvgIpc) is 3.59. The van der Waals surface area contributed by atoms with Crippen molar-refractivity contribution in [2.24, 2.45) is 0 Å². The molecule has 0 fully saturated rings. The first kappa shape index (κ1) is 31.7. The lowest BCUT2D eigenvalue weighted by Gasteiger charge is -2.04. The number of fused-ring (bicyclic) bond motifs is 2. The number of benzene rings is 2. The molecule has 0 saturated carbocycles. The number of hydrogen-bond acceptors (Lipinski definition) is 8. The molecule has 13 heteroatoms. The van der Waals surface area contributed by atoms with Crippen molar-refractivity contribution in [2.75, 3.05) is 0 Å². The number of phenolic OH excluding ortho intramolecular Hbond substituents is 1. The van der Waals surface area contributed by atoms with Crippen molar-refractivity contribution in [3.8, 4) is 17.4 Å². The van der Waals surface area contributed by atoms with Crippen LogP contribution in [0.2, 0.25) is 5.15 Å². The number of hydrogen-bond donors (Lipinski definition) is 3. The highest BCUT2D eigenvalue weighted by atomic mass is 35.5. The first-order valence-corrected chi connectivity index (χ1v) is 11.5.